The molecule has 0 bridgehead atoms. The number of nitrogens with one attached hydrogen (secondary N) is 1. The van der Waals surface area contributed by atoms with Gasteiger partial charge in [0.15, 0.2) is 17.0 Å². The zero-order valence-electron chi connectivity index (χ0n) is 16.9. The molecular weight excluding hydrogens is 570 g/mol. The Balaban J connectivity index is 1.71. The van der Waals surface area contributed by atoms with E-state index in [2.05, 4.69) is 36.1 Å². The number of aromatic nitrogens is 3. The zero-order valence-corrected chi connectivity index (χ0v) is 19.2. The monoisotopic (exact) mass is 578 g/mol. The summed E-state index contributed by atoms with van der Waals surface area (Å²) < 4.78 is 83.1. The van der Waals surface area contributed by atoms with E-state index in [1.807, 2.05) is 0 Å². The second-order valence-electron chi connectivity index (χ2n) is 6.96. The van der Waals surface area contributed by atoms with Crippen LogP contribution in [0, 0.1) is 0 Å². The van der Waals surface area contributed by atoms with Crippen LogP contribution in [0.1, 0.15) is 16.2 Å². The van der Waals surface area contributed by atoms with Gasteiger partial charge in [-0.2, -0.15) is 18.3 Å². The van der Waals surface area contributed by atoms with E-state index >= 15 is 0 Å². The van der Waals surface area contributed by atoms with Crippen LogP contribution < -0.4 is 10.1 Å². The minimum atomic E-state index is -4.90. The minimum Gasteiger partial charge on any atom is -0.406 e. The average molecular weight is 580 g/mol. The van der Waals surface area contributed by atoms with Crippen molar-refractivity contribution in [2.75, 3.05) is 5.32 Å². The number of hydrogen-bond acceptors (Lipinski definition) is 4. The highest BCUT2D eigenvalue weighted by Gasteiger charge is 2.37. The Morgan fingerprint density at radius 1 is 1.00 bits per heavy atom. The Bertz CT molecular complexity index is 1400. The van der Waals surface area contributed by atoms with Gasteiger partial charge in [0, 0.05) is 15.7 Å². The van der Waals surface area contributed by atoms with Crippen molar-refractivity contribution in [2.45, 2.75) is 12.5 Å². The van der Waals surface area contributed by atoms with Crippen molar-refractivity contribution >= 4 is 44.8 Å². The second-order valence-corrected chi connectivity index (χ2v) is 8.25. The van der Waals surface area contributed by atoms with Crippen LogP contribution in [0.25, 0.3) is 16.9 Å². The molecule has 1 N–H and O–H groups in total. The number of halogens is 8. The first-order chi connectivity index (χ1) is 16.3. The fourth-order valence-corrected chi connectivity index (χ4v) is 3.55. The fraction of sp³-hybridized carbons (Fsp3) is 0.0952. The number of fused-ring (bicyclic) bond motifs is 1. The second kappa shape index (κ2) is 9.04. The number of rotatable bonds is 4. The third kappa shape index (κ3) is 5.51. The topological polar surface area (TPSA) is 68.5 Å². The van der Waals surface area contributed by atoms with Crippen molar-refractivity contribution in [3.63, 3.8) is 0 Å². The highest BCUT2D eigenvalue weighted by molar-refractivity contribution is 9.10. The van der Waals surface area contributed by atoms with E-state index in [-0.39, 0.29) is 11.4 Å². The van der Waals surface area contributed by atoms with Gasteiger partial charge in [0.25, 0.3) is 5.91 Å². The molecule has 4 aromatic rings. The number of hydrogen-bond donors (Lipinski definition) is 1. The SMILES string of the molecule is O=C(Nc1ccc(OC(F)(F)F)cc1)c1nn2c(C(F)(F)F)cc(-c3ccc(Br)cc3)nc2c1Cl. The molecule has 35 heavy (non-hydrogen) atoms. The lowest BCUT2D eigenvalue weighted by Crippen LogP contribution is -2.17. The molecule has 0 aliphatic carbocycles. The zero-order chi connectivity index (χ0) is 25.5. The molecule has 2 aromatic carbocycles. The summed E-state index contributed by atoms with van der Waals surface area (Å²) in [6, 6.07) is 11.2. The molecule has 0 spiro atoms. The molecule has 6 nitrogen and oxygen atoms in total. The summed E-state index contributed by atoms with van der Waals surface area (Å²) in [5.74, 6) is -1.52. The standard InChI is InChI=1S/C21H10BrClF6N4O2/c22-11-3-1-10(2-4-11)14-9-15(20(24,25)26)33-18(31-14)16(23)17(32-33)19(34)30-12-5-7-13(8-6-12)35-21(27,28)29/h1-9H,(H,30,34). The van der Waals surface area contributed by atoms with Gasteiger partial charge >= 0.3 is 12.5 Å². The third-order valence-electron chi connectivity index (χ3n) is 4.52. The Labute approximate surface area is 205 Å². The molecule has 0 aliphatic rings. The first-order valence-electron chi connectivity index (χ1n) is 9.41. The Morgan fingerprint density at radius 3 is 2.20 bits per heavy atom. The molecule has 1 amide bonds. The van der Waals surface area contributed by atoms with Crippen LogP contribution in [0.2, 0.25) is 5.02 Å². The quantitative estimate of drug-likeness (QED) is 0.265. The van der Waals surface area contributed by atoms with Gasteiger partial charge in [0.05, 0.1) is 5.69 Å². The molecule has 2 heterocycles. The maximum Gasteiger partial charge on any atom is 0.573 e. The molecule has 14 heteroatoms. The maximum atomic E-state index is 13.8. The molecule has 0 fully saturated rings. The van der Waals surface area contributed by atoms with E-state index in [4.69, 9.17) is 11.6 Å². The normalized spacial score (nSPS) is 12.1. The van der Waals surface area contributed by atoms with Crippen LogP contribution >= 0.6 is 27.5 Å². The number of carbonyl (C=O) groups excluding carboxylic acids is 1. The Kier molecular flexibility index (Phi) is 6.40. The Hall–Kier alpha value is -3.32. The van der Waals surface area contributed by atoms with Crippen molar-refractivity contribution in [3.05, 3.63) is 75.5 Å². The van der Waals surface area contributed by atoms with E-state index in [1.165, 1.54) is 0 Å². The third-order valence-corrected chi connectivity index (χ3v) is 5.40. The van der Waals surface area contributed by atoms with Gasteiger partial charge < -0.3 is 10.1 Å². The number of amides is 1. The maximum absolute atomic E-state index is 13.8. The van der Waals surface area contributed by atoms with Crippen LogP contribution in [-0.2, 0) is 6.18 Å². The summed E-state index contributed by atoms with van der Waals surface area (Å²) in [6.45, 7) is 0. The summed E-state index contributed by atoms with van der Waals surface area (Å²) in [7, 11) is 0. The number of ether oxygens (including phenoxy) is 1. The molecule has 0 radical (unpaired) electrons. The van der Waals surface area contributed by atoms with Crippen LogP contribution in [0.15, 0.2) is 59.1 Å². The average Bonchev–Trinajstić information content (AvgIpc) is 3.10. The van der Waals surface area contributed by atoms with Crippen molar-refractivity contribution in [1.82, 2.24) is 14.6 Å². The summed E-state index contributed by atoms with van der Waals surface area (Å²) in [4.78, 5) is 16.8. The predicted octanol–water partition coefficient (Wildman–Crippen LogP) is 6.98. The predicted molar refractivity (Wildman–Crippen MR) is 117 cm³/mol. The van der Waals surface area contributed by atoms with E-state index in [9.17, 15) is 31.1 Å². The smallest absolute Gasteiger partial charge is 0.406 e. The van der Waals surface area contributed by atoms with Crippen molar-refractivity contribution in [1.29, 1.82) is 0 Å². The van der Waals surface area contributed by atoms with Gasteiger partial charge in [-0.15, -0.1) is 13.2 Å². The minimum absolute atomic E-state index is 0.0252. The van der Waals surface area contributed by atoms with Gasteiger partial charge in [-0.1, -0.05) is 39.7 Å². The molecular formula is C21H10BrClF6N4O2. The fourth-order valence-electron chi connectivity index (χ4n) is 3.04. The van der Waals surface area contributed by atoms with E-state index in [1.54, 1.807) is 24.3 Å². The number of alkyl halides is 6. The Morgan fingerprint density at radius 2 is 1.63 bits per heavy atom. The first-order valence-corrected chi connectivity index (χ1v) is 10.6. The molecule has 0 unspecified atom stereocenters. The lowest BCUT2D eigenvalue weighted by molar-refractivity contribution is -0.274. The summed E-state index contributed by atoms with van der Waals surface area (Å²) in [5, 5.41) is 5.57. The van der Waals surface area contributed by atoms with Gasteiger partial charge in [-0.05, 0) is 42.5 Å². The number of carbonyl (C=O) groups is 1. The number of anilines is 1. The van der Waals surface area contributed by atoms with Gasteiger partial charge in [-0.3, -0.25) is 4.79 Å². The van der Waals surface area contributed by atoms with Crippen LogP contribution in [-0.4, -0.2) is 26.9 Å². The van der Waals surface area contributed by atoms with Crippen LogP contribution in [0.4, 0.5) is 32.0 Å². The molecule has 0 aliphatic heterocycles. The number of nitrogens with zero attached hydrogens (tertiary/aromatic N) is 3. The van der Waals surface area contributed by atoms with E-state index in [0.29, 0.717) is 14.6 Å². The van der Waals surface area contributed by atoms with Crippen molar-refractivity contribution in [2.24, 2.45) is 0 Å². The molecule has 0 saturated heterocycles. The van der Waals surface area contributed by atoms with Crippen molar-refractivity contribution in [3.8, 4) is 17.0 Å². The molecule has 182 valence electrons. The lowest BCUT2D eigenvalue weighted by Gasteiger charge is -2.11. The summed E-state index contributed by atoms with van der Waals surface area (Å²) in [5.41, 5.74) is -1.84. The highest BCUT2D eigenvalue weighted by atomic mass is 79.9. The van der Waals surface area contributed by atoms with E-state index in [0.717, 1.165) is 30.3 Å². The molecule has 0 saturated carbocycles. The van der Waals surface area contributed by atoms with E-state index < -0.39 is 46.3 Å². The summed E-state index contributed by atoms with van der Waals surface area (Å²) >= 11 is 9.44. The van der Waals surface area contributed by atoms with Crippen LogP contribution in [0.3, 0.4) is 0 Å². The van der Waals surface area contributed by atoms with Gasteiger partial charge in [0.1, 0.15) is 10.8 Å². The summed E-state index contributed by atoms with van der Waals surface area (Å²) in [6.07, 6.45) is -9.75. The lowest BCUT2D eigenvalue weighted by atomic mass is 10.1. The van der Waals surface area contributed by atoms with Crippen molar-refractivity contribution < 1.29 is 35.9 Å². The van der Waals surface area contributed by atoms with Crippen LogP contribution in [0.5, 0.6) is 5.75 Å². The molecule has 2 aromatic heterocycles. The number of benzene rings is 2. The largest absolute Gasteiger partial charge is 0.573 e. The van der Waals surface area contributed by atoms with Gasteiger partial charge in [-0.25, -0.2) is 9.50 Å². The first kappa shape index (κ1) is 24.8. The molecule has 4 rings (SSSR count). The highest BCUT2D eigenvalue weighted by Crippen LogP contribution is 2.35. The molecule has 0 atom stereocenters. The van der Waals surface area contributed by atoms with Gasteiger partial charge in [0.2, 0.25) is 0 Å².